The first-order valence-corrected chi connectivity index (χ1v) is 8.71. The molecule has 0 spiro atoms. The van der Waals surface area contributed by atoms with Gasteiger partial charge in [-0.05, 0) is 30.9 Å². The molecule has 102 valence electrons. The van der Waals surface area contributed by atoms with Crippen LogP contribution in [0.2, 0.25) is 0 Å². The lowest BCUT2D eigenvalue weighted by molar-refractivity contribution is 0.482. The minimum Gasteiger partial charge on any atom is -0.313 e. The molecule has 1 aromatic heterocycles. The number of nitrogens with zero attached hydrogens (tertiary/aromatic N) is 2. The third-order valence-electron chi connectivity index (χ3n) is 3.44. The van der Waals surface area contributed by atoms with Crippen molar-refractivity contribution in [1.29, 1.82) is 0 Å². The average Bonchev–Trinajstić information content (AvgIpc) is 2.72. The summed E-state index contributed by atoms with van der Waals surface area (Å²) in [6, 6.07) is 0.650. The van der Waals surface area contributed by atoms with Gasteiger partial charge in [0.2, 0.25) is 0 Å². The van der Waals surface area contributed by atoms with Gasteiger partial charge in [-0.1, -0.05) is 44.9 Å². The fourth-order valence-electron chi connectivity index (χ4n) is 2.47. The van der Waals surface area contributed by atoms with Crippen molar-refractivity contribution in [2.75, 3.05) is 6.54 Å². The second-order valence-electron chi connectivity index (χ2n) is 4.79. The molecular weight excluding hydrogens is 262 g/mol. The minimum atomic E-state index is 0.650. The van der Waals surface area contributed by atoms with Crippen LogP contribution in [0, 0.1) is 0 Å². The molecule has 1 heterocycles. The molecular formula is C13H23N3S2. The van der Waals surface area contributed by atoms with Gasteiger partial charge in [0.1, 0.15) is 5.82 Å². The Bertz CT molecular complexity index is 354. The second kappa shape index (κ2) is 7.46. The Morgan fingerprint density at radius 2 is 2.11 bits per heavy atom. The number of nitrogens with one attached hydrogen (secondary N) is 1. The lowest BCUT2D eigenvalue weighted by atomic mass is 10.1. The molecule has 0 radical (unpaired) electrons. The van der Waals surface area contributed by atoms with E-state index in [1.165, 1.54) is 32.1 Å². The number of aryl methyl sites for hydroxylation is 1. The molecule has 2 rings (SSSR count). The summed E-state index contributed by atoms with van der Waals surface area (Å²) in [6.45, 7) is 5.38. The largest absolute Gasteiger partial charge is 0.313 e. The summed E-state index contributed by atoms with van der Waals surface area (Å²) < 4.78 is 5.54. The van der Waals surface area contributed by atoms with Gasteiger partial charge >= 0.3 is 0 Å². The Morgan fingerprint density at radius 3 is 2.83 bits per heavy atom. The molecule has 2 unspecified atom stereocenters. The summed E-state index contributed by atoms with van der Waals surface area (Å²) in [6.07, 6.45) is 7.67. The van der Waals surface area contributed by atoms with E-state index in [1.807, 2.05) is 11.8 Å². The first kappa shape index (κ1) is 14.3. The molecule has 3 nitrogen and oxygen atoms in total. The molecule has 0 aromatic carbocycles. The van der Waals surface area contributed by atoms with Gasteiger partial charge in [-0.3, -0.25) is 0 Å². The highest BCUT2D eigenvalue weighted by molar-refractivity contribution is 8.01. The third-order valence-corrected chi connectivity index (χ3v) is 5.66. The molecule has 1 aliphatic rings. The Labute approximate surface area is 118 Å². The highest BCUT2D eigenvalue weighted by Crippen LogP contribution is 2.33. The summed E-state index contributed by atoms with van der Waals surface area (Å²) in [4.78, 5) is 4.59. The van der Waals surface area contributed by atoms with Crippen LogP contribution in [0.4, 0.5) is 0 Å². The van der Waals surface area contributed by atoms with Crippen molar-refractivity contribution in [2.24, 2.45) is 0 Å². The first-order chi connectivity index (χ1) is 8.83. The zero-order chi connectivity index (χ0) is 12.8. The van der Waals surface area contributed by atoms with Gasteiger partial charge in [-0.2, -0.15) is 4.37 Å². The molecule has 5 heteroatoms. The van der Waals surface area contributed by atoms with Gasteiger partial charge in [0.25, 0.3) is 0 Å². The molecule has 2 atom stereocenters. The van der Waals surface area contributed by atoms with Crippen LogP contribution in [0.5, 0.6) is 0 Å². The van der Waals surface area contributed by atoms with Crippen molar-refractivity contribution in [3.8, 4) is 0 Å². The summed E-state index contributed by atoms with van der Waals surface area (Å²) in [5.74, 6) is 0.996. The molecule has 1 fully saturated rings. The van der Waals surface area contributed by atoms with Crippen LogP contribution >= 0.6 is 23.3 Å². The minimum absolute atomic E-state index is 0.650. The molecule has 1 aliphatic carbocycles. The summed E-state index contributed by atoms with van der Waals surface area (Å²) in [5.41, 5.74) is 0. The molecule has 0 bridgehead atoms. The Kier molecular flexibility index (Phi) is 5.92. The fraction of sp³-hybridized carbons (Fsp3) is 0.846. The van der Waals surface area contributed by atoms with Crippen LogP contribution in [0.3, 0.4) is 0 Å². The maximum Gasteiger partial charge on any atom is 0.170 e. The van der Waals surface area contributed by atoms with Crippen LogP contribution in [-0.4, -0.2) is 27.2 Å². The molecule has 1 aromatic rings. The number of hydrogen-bond donors (Lipinski definition) is 1. The highest BCUT2D eigenvalue weighted by atomic mass is 32.2. The number of thioether (sulfide) groups is 1. The maximum atomic E-state index is 4.59. The molecule has 1 saturated carbocycles. The highest BCUT2D eigenvalue weighted by Gasteiger charge is 2.25. The standard InChI is InChI=1S/C13H23N3S2/c1-3-12-15-13(18-16-12)17-11-9-7-5-6-8-10(11)14-4-2/h10-11,14H,3-9H2,1-2H3. The molecule has 1 N–H and O–H groups in total. The smallest absolute Gasteiger partial charge is 0.170 e. The van der Waals surface area contributed by atoms with Crippen LogP contribution < -0.4 is 5.32 Å². The SMILES string of the molecule is CCNC1CCCCCC1Sc1nc(CC)ns1. The maximum absolute atomic E-state index is 4.59. The van der Waals surface area contributed by atoms with Crippen molar-refractivity contribution in [3.63, 3.8) is 0 Å². The quantitative estimate of drug-likeness (QED) is 0.840. The van der Waals surface area contributed by atoms with Crippen molar-refractivity contribution >= 4 is 23.3 Å². The van der Waals surface area contributed by atoms with Crippen LogP contribution in [0.25, 0.3) is 0 Å². The Hall–Kier alpha value is -0.130. The zero-order valence-corrected chi connectivity index (χ0v) is 12.9. The van der Waals surface area contributed by atoms with E-state index >= 15 is 0 Å². The number of rotatable bonds is 5. The zero-order valence-electron chi connectivity index (χ0n) is 11.3. The van der Waals surface area contributed by atoms with Crippen LogP contribution in [0.1, 0.15) is 51.8 Å². The lowest BCUT2D eigenvalue weighted by Crippen LogP contribution is -2.37. The third kappa shape index (κ3) is 3.93. The van der Waals surface area contributed by atoms with Gasteiger partial charge in [0.15, 0.2) is 4.34 Å². The van der Waals surface area contributed by atoms with E-state index in [0.29, 0.717) is 11.3 Å². The van der Waals surface area contributed by atoms with E-state index < -0.39 is 0 Å². The van der Waals surface area contributed by atoms with Crippen molar-refractivity contribution in [1.82, 2.24) is 14.7 Å². The Balaban J connectivity index is 1.98. The van der Waals surface area contributed by atoms with Gasteiger partial charge in [-0.15, -0.1) is 0 Å². The summed E-state index contributed by atoms with van der Waals surface area (Å²) >= 11 is 3.51. The predicted molar refractivity (Wildman–Crippen MR) is 79.5 cm³/mol. The van der Waals surface area contributed by atoms with Gasteiger partial charge in [0, 0.05) is 17.7 Å². The monoisotopic (exact) mass is 285 g/mol. The van der Waals surface area contributed by atoms with Crippen LogP contribution in [-0.2, 0) is 6.42 Å². The van der Waals surface area contributed by atoms with E-state index in [-0.39, 0.29) is 0 Å². The van der Waals surface area contributed by atoms with Crippen molar-refractivity contribution in [3.05, 3.63) is 5.82 Å². The van der Waals surface area contributed by atoms with E-state index in [0.717, 1.165) is 23.1 Å². The van der Waals surface area contributed by atoms with Gasteiger partial charge in [-0.25, -0.2) is 4.98 Å². The fourth-order valence-corrected chi connectivity index (χ4v) is 4.72. The van der Waals surface area contributed by atoms with E-state index in [4.69, 9.17) is 0 Å². The second-order valence-corrected chi connectivity index (χ2v) is 7.03. The van der Waals surface area contributed by atoms with E-state index in [9.17, 15) is 0 Å². The number of aromatic nitrogens is 2. The summed E-state index contributed by atoms with van der Waals surface area (Å²) in [5, 5.41) is 4.32. The van der Waals surface area contributed by atoms with Crippen LogP contribution in [0.15, 0.2) is 4.34 Å². The van der Waals surface area contributed by atoms with Gasteiger partial charge in [0.05, 0.1) is 0 Å². The molecule has 0 saturated heterocycles. The van der Waals surface area contributed by atoms with Crippen molar-refractivity contribution in [2.45, 2.75) is 68.0 Å². The molecule has 0 aliphatic heterocycles. The topological polar surface area (TPSA) is 37.8 Å². The average molecular weight is 285 g/mol. The molecule has 0 amide bonds. The first-order valence-electron chi connectivity index (χ1n) is 7.06. The van der Waals surface area contributed by atoms with Gasteiger partial charge < -0.3 is 5.32 Å². The Morgan fingerprint density at radius 1 is 1.28 bits per heavy atom. The lowest BCUT2D eigenvalue weighted by Gasteiger charge is -2.24. The van der Waals surface area contributed by atoms with Crippen molar-refractivity contribution < 1.29 is 0 Å². The normalized spacial score (nSPS) is 25.0. The summed E-state index contributed by atoms with van der Waals surface area (Å²) in [7, 11) is 0. The number of hydrogen-bond acceptors (Lipinski definition) is 5. The molecule has 18 heavy (non-hydrogen) atoms. The predicted octanol–water partition coefficient (Wildman–Crippen LogP) is 3.50. The van der Waals surface area contributed by atoms with E-state index in [2.05, 4.69) is 28.5 Å². The van der Waals surface area contributed by atoms with E-state index in [1.54, 1.807) is 11.5 Å².